The molecule has 112 valence electrons. The van der Waals surface area contributed by atoms with Gasteiger partial charge in [0.15, 0.2) is 0 Å². The van der Waals surface area contributed by atoms with Gasteiger partial charge >= 0.3 is 0 Å². The van der Waals surface area contributed by atoms with E-state index < -0.39 is 0 Å². The third-order valence-corrected chi connectivity index (χ3v) is 4.50. The van der Waals surface area contributed by atoms with Gasteiger partial charge < -0.3 is 14.7 Å². The molecule has 1 N–H and O–H groups in total. The first kappa shape index (κ1) is 15.2. The molecule has 2 rings (SSSR count). The molecule has 3 heteroatoms. The second kappa shape index (κ2) is 6.04. The lowest BCUT2D eigenvalue weighted by Gasteiger charge is -2.40. The predicted octanol–water partition coefficient (Wildman–Crippen LogP) is 3.32. The molecular weight excluding hydrogens is 250 g/mol. The van der Waals surface area contributed by atoms with Crippen LogP contribution >= 0.6 is 0 Å². The van der Waals surface area contributed by atoms with Gasteiger partial charge in [0.05, 0.1) is 13.2 Å². The Morgan fingerprint density at radius 2 is 1.95 bits per heavy atom. The van der Waals surface area contributed by atoms with Crippen molar-refractivity contribution in [1.29, 1.82) is 0 Å². The van der Waals surface area contributed by atoms with Crippen LogP contribution in [0.5, 0.6) is 5.75 Å². The van der Waals surface area contributed by atoms with Gasteiger partial charge in [-0.05, 0) is 48.9 Å². The molecule has 2 atom stereocenters. The van der Waals surface area contributed by atoms with E-state index >= 15 is 0 Å². The van der Waals surface area contributed by atoms with Gasteiger partial charge in [-0.1, -0.05) is 13.8 Å². The number of hydrogen-bond donors (Lipinski definition) is 1. The Bertz CT molecular complexity index is 427. The molecular formula is C17H27NO2. The van der Waals surface area contributed by atoms with Crippen molar-refractivity contribution in [1.82, 2.24) is 0 Å². The van der Waals surface area contributed by atoms with E-state index in [-0.39, 0.29) is 6.10 Å². The topological polar surface area (TPSA) is 32.7 Å². The van der Waals surface area contributed by atoms with Gasteiger partial charge in [-0.2, -0.15) is 0 Å². The number of aliphatic hydroxyl groups excluding tert-OH is 1. The summed E-state index contributed by atoms with van der Waals surface area (Å²) in [4.78, 5) is 2.23. The molecule has 2 unspecified atom stereocenters. The summed E-state index contributed by atoms with van der Waals surface area (Å²) < 4.78 is 5.18. The van der Waals surface area contributed by atoms with Crippen molar-refractivity contribution in [3.63, 3.8) is 0 Å². The summed E-state index contributed by atoms with van der Waals surface area (Å²) in [5, 5.41) is 10.2. The zero-order valence-corrected chi connectivity index (χ0v) is 13.1. The lowest BCUT2D eigenvalue weighted by Crippen LogP contribution is -2.40. The van der Waals surface area contributed by atoms with Gasteiger partial charge in [0.2, 0.25) is 0 Å². The first-order chi connectivity index (χ1) is 9.41. The second-order valence-corrected chi connectivity index (χ2v) is 6.81. The molecule has 0 bridgehead atoms. The number of ether oxygens (including phenoxy) is 1. The van der Waals surface area contributed by atoms with Gasteiger partial charge in [0.25, 0.3) is 0 Å². The van der Waals surface area contributed by atoms with Crippen molar-refractivity contribution >= 4 is 5.69 Å². The molecule has 0 spiro atoms. The molecule has 0 saturated heterocycles. The van der Waals surface area contributed by atoms with Gasteiger partial charge in [-0.3, -0.25) is 0 Å². The number of aliphatic hydroxyl groups is 1. The van der Waals surface area contributed by atoms with Gasteiger partial charge in [0, 0.05) is 25.2 Å². The van der Waals surface area contributed by atoms with Crippen LogP contribution in [0.3, 0.4) is 0 Å². The molecule has 1 fully saturated rings. The average Bonchev–Trinajstić information content (AvgIpc) is 2.43. The third kappa shape index (κ3) is 3.66. The number of rotatable bonds is 4. The summed E-state index contributed by atoms with van der Waals surface area (Å²) in [5.74, 6) is 1.23. The summed E-state index contributed by atoms with van der Waals surface area (Å²) in [6.07, 6.45) is 2.98. The van der Waals surface area contributed by atoms with E-state index in [1.165, 1.54) is 5.69 Å². The summed E-state index contributed by atoms with van der Waals surface area (Å²) in [7, 11) is 3.77. The number of benzene rings is 1. The first-order valence-electron chi connectivity index (χ1n) is 7.44. The molecule has 20 heavy (non-hydrogen) atoms. The van der Waals surface area contributed by atoms with Gasteiger partial charge in [-0.25, -0.2) is 0 Å². The Hall–Kier alpha value is -1.22. The highest BCUT2D eigenvalue weighted by atomic mass is 16.5. The SMILES string of the molecule is COc1ccc(N(C)CC2CC(C)(C)CCC2O)cc1. The minimum absolute atomic E-state index is 0.163. The van der Waals surface area contributed by atoms with Crippen LogP contribution in [0.15, 0.2) is 24.3 Å². The molecule has 1 aliphatic rings. The molecule has 1 aromatic carbocycles. The minimum Gasteiger partial charge on any atom is -0.497 e. The third-order valence-electron chi connectivity index (χ3n) is 4.50. The van der Waals surface area contributed by atoms with Crippen molar-refractivity contribution in [2.45, 2.75) is 39.2 Å². The summed E-state index contributed by atoms with van der Waals surface area (Å²) in [6, 6.07) is 8.10. The van der Waals surface area contributed by atoms with E-state index in [9.17, 15) is 5.11 Å². The van der Waals surface area contributed by atoms with Gasteiger partial charge in [0.1, 0.15) is 5.75 Å². The Morgan fingerprint density at radius 3 is 2.55 bits per heavy atom. The predicted molar refractivity (Wildman–Crippen MR) is 83.4 cm³/mol. The lowest BCUT2D eigenvalue weighted by atomic mass is 9.71. The Balaban J connectivity index is 2.00. The number of hydrogen-bond acceptors (Lipinski definition) is 3. The van der Waals surface area contributed by atoms with Crippen LogP contribution in [-0.2, 0) is 0 Å². The van der Waals surface area contributed by atoms with Gasteiger partial charge in [-0.15, -0.1) is 0 Å². The zero-order valence-electron chi connectivity index (χ0n) is 13.1. The fourth-order valence-corrected chi connectivity index (χ4v) is 3.20. The quantitative estimate of drug-likeness (QED) is 0.916. The highest BCUT2D eigenvalue weighted by molar-refractivity contribution is 5.48. The van der Waals surface area contributed by atoms with E-state index in [1.54, 1.807) is 7.11 Å². The van der Waals surface area contributed by atoms with E-state index in [2.05, 4.69) is 37.9 Å². The number of methoxy groups -OCH3 is 1. The van der Waals surface area contributed by atoms with Crippen molar-refractivity contribution in [2.24, 2.45) is 11.3 Å². The summed E-state index contributed by atoms with van der Waals surface area (Å²) in [6.45, 7) is 5.51. The van der Waals surface area contributed by atoms with Crippen molar-refractivity contribution in [3.05, 3.63) is 24.3 Å². The molecule has 0 aliphatic heterocycles. The fourth-order valence-electron chi connectivity index (χ4n) is 3.20. The lowest BCUT2D eigenvalue weighted by molar-refractivity contribution is 0.0254. The van der Waals surface area contributed by atoms with Crippen molar-refractivity contribution in [3.8, 4) is 5.75 Å². The van der Waals surface area contributed by atoms with E-state index in [0.29, 0.717) is 11.3 Å². The van der Waals surface area contributed by atoms with Crippen molar-refractivity contribution < 1.29 is 9.84 Å². The van der Waals surface area contributed by atoms with E-state index in [0.717, 1.165) is 31.6 Å². The molecule has 0 aromatic heterocycles. The van der Waals surface area contributed by atoms with Crippen LogP contribution in [0.4, 0.5) is 5.69 Å². The smallest absolute Gasteiger partial charge is 0.119 e. The largest absolute Gasteiger partial charge is 0.497 e. The van der Waals surface area contributed by atoms with E-state index in [1.807, 2.05) is 12.1 Å². The van der Waals surface area contributed by atoms with Crippen LogP contribution in [0.1, 0.15) is 33.1 Å². The van der Waals surface area contributed by atoms with Crippen LogP contribution in [0, 0.1) is 11.3 Å². The van der Waals surface area contributed by atoms with Crippen LogP contribution in [0.25, 0.3) is 0 Å². The monoisotopic (exact) mass is 277 g/mol. The summed E-state index contributed by atoms with van der Waals surface area (Å²) in [5.41, 5.74) is 1.52. The zero-order chi connectivity index (χ0) is 14.8. The second-order valence-electron chi connectivity index (χ2n) is 6.81. The number of anilines is 1. The molecule has 0 radical (unpaired) electrons. The van der Waals surface area contributed by atoms with Crippen LogP contribution in [-0.4, -0.2) is 31.9 Å². The molecule has 0 amide bonds. The Labute approximate surface area is 122 Å². The average molecular weight is 277 g/mol. The Kier molecular flexibility index (Phi) is 4.59. The molecule has 3 nitrogen and oxygen atoms in total. The van der Waals surface area contributed by atoms with Crippen molar-refractivity contribution in [2.75, 3.05) is 25.6 Å². The maximum absolute atomic E-state index is 10.2. The first-order valence-corrected chi connectivity index (χ1v) is 7.44. The number of nitrogens with zero attached hydrogens (tertiary/aromatic N) is 1. The van der Waals surface area contributed by atoms with Crippen LogP contribution in [0.2, 0.25) is 0 Å². The maximum Gasteiger partial charge on any atom is 0.119 e. The highest BCUT2D eigenvalue weighted by Crippen LogP contribution is 2.39. The minimum atomic E-state index is -0.163. The molecule has 1 saturated carbocycles. The highest BCUT2D eigenvalue weighted by Gasteiger charge is 2.34. The maximum atomic E-state index is 10.2. The van der Waals surface area contributed by atoms with E-state index in [4.69, 9.17) is 4.74 Å². The fraction of sp³-hybridized carbons (Fsp3) is 0.647. The standard InChI is InChI=1S/C17H27NO2/c1-17(2)10-9-16(19)13(11-17)12-18(3)14-5-7-15(20-4)8-6-14/h5-8,13,16,19H,9-12H2,1-4H3. The molecule has 0 heterocycles. The molecule has 1 aromatic rings. The van der Waals surface area contributed by atoms with Crippen LogP contribution < -0.4 is 9.64 Å². The Morgan fingerprint density at radius 1 is 1.30 bits per heavy atom. The molecule has 1 aliphatic carbocycles. The summed E-state index contributed by atoms with van der Waals surface area (Å²) >= 11 is 0. The normalized spacial score (nSPS) is 25.2.